The van der Waals surface area contributed by atoms with Gasteiger partial charge >= 0.3 is 0 Å². The molecule has 0 saturated heterocycles. The van der Waals surface area contributed by atoms with Gasteiger partial charge in [0.1, 0.15) is 11.6 Å². The lowest BCUT2D eigenvalue weighted by Crippen LogP contribution is -1.90. The van der Waals surface area contributed by atoms with Crippen LogP contribution in [-0.2, 0) is 6.42 Å². The molecule has 0 amide bonds. The van der Waals surface area contributed by atoms with Crippen molar-refractivity contribution < 1.29 is 9.50 Å². The Morgan fingerprint density at radius 2 is 0.391 bits per heavy atom. The van der Waals surface area contributed by atoms with Gasteiger partial charge in [-0.2, -0.15) is 0 Å². The number of rotatable bonds is 15. The van der Waals surface area contributed by atoms with Gasteiger partial charge in [-0.15, -0.1) is 0 Å². The summed E-state index contributed by atoms with van der Waals surface area (Å²) in [6.07, 6.45) is 1.14. The summed E-state index contributed by atoms with van der Waals surface area (Å²) in [7, 11) is 0. The zero-order valence-corrected chi connectivity index (χ0v) is 92.3. The molecule has 0 atom stereocenters. The van der Waals surface area contributed by atoms with E-state index in [1.165, 1.54) is 127 Å². The summed E-state index contributed by atoms with van der Waals surface area (Å²) >= 11 is 11.4. The largest absolute Gasteiger partial charge is 0.508 e. The highest BCUT2D eigenvalue weighted by Crippen LogP contribution is 2.26. The molecule has 722 valence electrons. The van der Waals surface area contributed by atoms with Gasteiger partial charge in [-0.1, -0.05) is 524 Å². The first-order chi connectivity index (χ1) is 62.1. The van der Waals surface area contributed by atoms with Gasteiger partial charge in [0.15, 0.2) is 0 Å². The third kappa shape index (κ3) is 57.6. The average Bonchev–Trinajstić information content (AvgIpc) is 0.888. The third-order valence-electron chi connectivity index (χ3n) is 22.2. The zero-order valence-electron chi connectivity index (χ0n) is 87.8. The topological polar surface area (TPSA) is 20.2 Å². The fraction of sp³-hybridized carbons (Fsp3) is 0.391. The number of benzene rings is 13. The minimum atomic E-state index is -0.163. The third-order valence-corrected chi connectivity index (χ3v) is 23.7. The Labute approximate surface area is 842 Å². The van der Waals surface area contributed by atoms with Gasteiger partial charge in [0.05, 0.1) is 0 Å². The van der Waals surface area contributed by atoms with Crippen molar-refractivity contribution in [1.29, 1.82) is 0 Å². The Balaban J connectivity index is 0.00000142. The van der Waals surface area contributed by atoms with Crippen LogP contribution >= 0.6 is 50.1 Å². The van der Waals surface area contributed by atoms with Crippen molar-refractivity contribution in [2.75, 3.05) is 0 Å². The molecule has 1 nitrogen and oxygen atoms in total. The molecule has 0 saturated carbocycles. The van der Waals surface area contributed by atoms with Crippen molar-refractivity contribution in [3.63, 3.8) is 0 Å². The minimum absolute atomic E-state index is 0. The van der Waals surface area contributed by atoms with E-state index in [4.69, 9.17) is 16.7 Å². The molecule has 0 aliphatic rings. The number of aromatic hydroxyl groups is 1. The van der Waals surface area contributed by atoms with Gasteiger partial charge in [-0.3, -0.25) is 0 Å². The first-order valence-electron chi connectivity index (χ1n) is 48.5. The van der Waals surface area contributed by atoms with E-state index >= 15 is 0 Å². The van der Waals surface area contributed by atoms with E-state index in [-0.39, 0.29) is 13.2 Å². The summed E-state index contributed by atoms with van der Waals surface area (Å²) in [6.45, 7) is 74.3. The lowest BCUT2D eigenvalue weighted by Gasteiger charge is -2.08. The molecule has 13 aromatic rings. The van der Waals surface area contributed by atoms with E-state index in [9.17, 15) is 4.39 Å². The standard InChI is InChI=1S/C12H18.C11H16.5C10H14.C9H11Br.C9H11Cl.C9H11F.C9H11I.C9H12O.C9H12.CH4/c1-9(2)11-5-7-12(8-6-11)10(3)4;1-4-10-5-7-11(8-6-10)9(2)3;5*1-8(2)10-6-4-9(3)5-7-10;5*1-7(2)8-3-5-9(10)6-4-8;1-8(2)9-6-4-3-5-7-9;/h5-10H,1-4H3;5-9H,4H2,1-3H3;5*4-8H,1-3H3;4*3-7H,1-2H3;3-7,10H,1-2H3;3-8H,1-2H3;1H4. The SMILES string of the molecule is C.CC(C)c1ccc(Br)cc1.CC(C)c1ccc(C(C)C)cc1.CC(C)c1ccc(Cl)cc1.CC(C)c1ccc(F)cc1.CC(C)c1ccc(I)cc1.CC(C)c1ccc(O)cc1.CC(C)c1ccccc1.CCc1ccc(C(C)C)cc1.Cc1ccc(C(C)C)cc1.Cc1ccc(C(C)C)cc1.Cc1ccc(C(C)C)cc1.Cc1ccc(C(C)C)cc1.Cc1ccc(C(C)C)cc1. The number of aryl methyl sites for hydroxylation is 6. The van der Waals surface area contributed by atoms with Crippen molar-refractivity contribution in [3.05, 3.63) is 452 Å². The Kier molecular flexibility index (Phi) is 65.2. The van der Waals surface area contributed by atoms with Crippen LogP contribution in [-0.4, -0.2) is 5.11 Å². The van der Waals surface area contributed by atoms with E-state index in [2.05, 4.69) is 529 Å². The van der Waals surface area contributed by atoms with Gasteiger partial charge in [0.25, 0.3) is 0 Å². The monoisotopic (exact) mass is 1990 g/mol. The number of hydrogen-bond acceptors (Lipinski definition) is 1. The number of hydrogen-bond donors (Lipinski definition) is 1. The summed E-state index contributed by atoms with van der Waals surface area (Å²) < 4.78 is 14.8. The molecule has 0 bridgehead atoms. The van der Waals surface area contributed by atoms with Crippen LogP contribution in [0.5, 0.6) is 5.75 Å². The van der Waals surface area contributed by atoms with Crippen molar-refractivity contribution in [2.24, 2.45) is 0 Å². The van der Waals surface area contributed by atoms with E-state index in [0.29, 0.717) is 88.6 Å². The van der Waals surface area contributed by atoms with Crippen LogP contribution in [0.3, 0.4) is 0 Å². The molecule has 1 N–H and O–H groups in total. The van der Waals surface area contributed by atoms with Gasteiger partial charge in [-0.05, 0) is 291 Å². The van der Waals surface area contributed by atoms with E-state index < -0.39 is 0 Å². The first kappa shape index (κ1) is 124. The highest BCUT2D eigenvalue weighted by molar-refractivity contribution is 14.1. The molecule has 0 heterocycles. The minimum Gasteiger partial charge on any atom is -0.508 e. The molecule has 0 fully saturated rings. The van der Waals surface area contributed by atoms with Crippen LogP contribution in [0.2, 0.25) is 5.02 Å². The first-order valence-corrected chi connectivity index (χ1v) is 50.8. The van der Waals surface area contributed by atoms with Gasteiger partial charge < -0.3 is 5.11 Å². The summed E-state index contributed by atoms with van der Waals surface area (Å²) in [5.41, 5.74) is 27.5. The van der Waals surface area contributed by atoms with Gasteiger partial charge in [0, 0.05) is 13.1 Å². The molecule has 0 aliphatic carbocycles. The van der Waals surface area contributed by atoms with Crippen LogP contribution in [0.1, 0.15) is 402 Å². The van der Waals surface area contributed by atoms with E-state index in [1.807, 2.05) is 42.5 Å². The second-order valence-electron chi connectivity index (χ2n) is 38.7. The Morgan fingerprint density at radius 1 is 0.233 bits per heavy atom. The quantitative estimate of drug-likeness (QED) is 0.101. The van der Waals surface area contributed by atoms with Crippen LogP contribution in [0, 0.1) is 44.0 Å². The maximum atomic E-state index is 12.4. The van der Waals surface area contributed by atoms with Gasteiger partial charge in [-0.25, -0.2) is 4.39 Å². The second-order valence-corrected chi connectivity index (χ2v) is 41.3. The van der Waals surface area contributed by atoms with Crippen LogP contribution in [0.25, 0.3) is 0 Å². The van der Waals surface area contributed by atoms with Crippen LogP contribution in [0.15, 0.2) is 326 Å². The number of halogens is 4. The molecule has 13 rings (SSSR count). The Bertz CT molecular complexity index is 4120. The molecular weight excluding hydrogens is 1810 g/mol. The Morgan fingerprint density at radius 3 is 0.586 bits per heavy atom. The molecule has 0 spiro atoms. The highest BCUT2D eigenvalue weighted by atomic mass is 127. The van der Waals surface area contributed by atoms with E-state index in [1.54, 1.807) is 12.1 Å². The summed E-state index contributed by atoms with van der Waals surface area (Å²) in [6, 6.07) is 111. The second kappa shape index (κ2) is 69.8. The fourth-order valence-electron chi connectivity index (χ4n) is 12.2. The van der Waals surface area contributed by atoms with E-state index in [0.717, 1.165) is 15.9 Å². The maximum Gasteiger partial charge on any atom is 0.123 e. The molecule has 0 aliphatic heterocycles. The number of phenols is 1. The predicted octanol–water partition coefficient (Wildman–Crippen LogP) is 42.3. The molecule has 0 unspecified atom stereocenters. The molecule has 0 aromatic heterocycles. The Hall–Kier alpha value is -8.91. The maximum absolute atomic E-state index is 12.4. The van der Waals surface area contributed by atoms with Crippen LogP contribution in [0.4, 0.5) is 4.39 Å². The molecule has 0 radical (unpaired) electrons. The van der Waals surface area contributed by atoms with Crippen molar-refractivity contribution in [1.82, 2.24) is 0 Å². The van der Waals surface area contributed by atoms with Crippen molar-refractivity contribution in [3.8, 4) is 5.75 Å². The molecule has 13 aromatic carbocycles. The molecule has 5 heteroatoms. The lowest BCUT2D eigenvalue weighted by molar-refractivity contribution is 0.475. The highest BCUT2D eigenvalue weighted by Gasteiger charge is 2.07. The summed E-state index contributed by atoms with van der Waals surface area (Å²) in [5.74, 6) is 8.95. The average molecular weight is 1990 g/mol. The smallest absolute Gasteiger partial charge is 0.123 e. The van der Waals surface area contributed by atoms with Crippen molar-refractivity contribution >= 4 is 50.1 Å². The summed E-state index contributed by atoms with van der Waals surface area (Å²) in [4.78, 5) is 0. The fourth-order valence-corrected chi connectivity index (χ4v) is 13.0. The van der Waals surface area contributed by atoms with Gasteiger partial charge in [0.2, 0.25) is 0 Å². The molecule has 133 heavy (non-hydrogen) atoms. The lowest BCUT2D eigenvalue weighted by atomic mass is 9.97. The summed E-state index contributed by atoms with van der Waals surface area (Å²) in [5, 5.41) is 9.75. The van der Waals surface area contributed by atoms with Crippen molar-refractivity contribution in [2.45, 2.75) is 332 Å². The molecular formula is C128H176BrClFIO. The zero-order chi connectivity index (χ0) is 99.7. The number of phenolic OH excluding ortho intramolecular Hbond substituents is 1. The van der Waals surface area contributed by atoms with Crippen LogP contribution < -0.4 is 0 Å². The predicted molar refractivity (Wildman–Crippen MR) is 608 cm³/mol. The normalized spacial score (nSPS) is 10.4.